The number of nitrogens with zero attached hydrogens (tertiary/aromatic N) is 4. The summed E-state index contributed by atoms with van der Waals surface area (Å²) < 4.78 is 13.1. The van der Waals surface area contributed by atoms with Gasteiger partial charge < -0.3 is 20.1 Å². The third kappa shape index (κ3) is 7.63. The van der Waals surface area contributed by atoms with Crippen LogP contribution < -0.4 is 10.6 Å². The largest absolute Gasteiger partial charge is 0.381 e. The van der Waals surface area contributed by atoms with E-state index in [1.165, 1.54) is 0 Å². The molecule has 2 aromatic rings. The van der Waals surface area contributed by atoms with E-state index in [1.807, 2.05) is 36.9 Å². The van der Waals surface area contributed by atoms with Gasteiger partial charge in [0.1, 0.15) is 0 Å². The molecule has 0 bridgehead atoms. The predicted octanol–water partition coefficient (Wildman–Crippen LogP) is 2.77. The Morgan fingerprint density at radius 2 is 2.10 bits per heavy atom. The van der Waals surface area contributed by atoms with Gasteiger partial charge in [0.2, 0.25) is 0 Å². The summed E-state index contributed by atoms with van der Waals surface area (Å²) in [6.45, 7) is 11.7. The lowest BCUT2D eigenvalue weighted by molar-refractivity contribution is 0.0203. The monoisotopic (exact) mass is 428 g/mol. The van der Waals surface area contributed by atoms with Crippen LogP contribution in [0.25, 0.3) is 5.82 Å². The molecule has 0 aliphatic carbocycles. The second-order valence-electron chi connectivity index (χ2n) is 7.97. The van der Waals surface area contributed by atoms with E-state index < -0.39 is 0 Å². The van der Waals surface area contributed by atoms with E-state index in [0.29, 0.717) is 12.5 Å². The Labute approximate surface area is 185 Å². The minimum absolute atomic E-state index is 0.569. The number of aliphatic imine (C=N–C) groups is 1. The third-order valence-electron chi connectivity index (χ3n) is 5.25. The van der Waals surface area contributed by atoms with Gasteiger partial charge in [-0.15, -0.1) is 0 Å². The number of hydrogen-bond donors (Lipinski definition) is 2. The molecule has 0 unspecified atom stereocenters. The van der Waals surface area contributed by atoms with E-state index in [1.54, 1.807) is 0 Å². The summed E-state index contributed by atoms with van der Waals surface area (Å²) >= 11 is 0. The van der Waals surface area contributed by atoms with Crippen LogP contribution in [0.1, 0.15) is 43.1 Å². The predicted molar refractivity (Wildman–Crippen MR) is 123 cm³/mol. The van der Waals surface area contributed by atoms with Crippen LogP contribution in [0.5, 0.6) is 0 Å². The van der Waals surface area contributed by atoms with E-state index in [4.69, 9.17) is 9.47 Å². The molecule has 0 aromatic carbocycles. The summed E-state index contributed by atoms with van der Waals surface area (Å²) in [7, 11) is 0. The van der Waals surface area contributed by atoms with Gasteiger partial charge in [0.15, 0.2) is 11.8 Å². The molecule has 3 heterocycles. The van der Waals surface area contributed by atoms with E-state index >= 15 is 0 Å². The molecule has 2 N–H and O–H groups in total. The highest BCUT2D eigenvalue weighted by atomic mass is 16.5. The summed E-state index contributed by atoms with van der Waals surface area (Å²) in [5.41, 5.74) is 3.12. The highest BCUT2D eigenvalue weighted by Gasteiger charge is 2.13. The van der Waals surface area contributed by atoms with Crippen LogP contribution in [0.3, 0.4) is 0 Å². The zero-order chi connectivity index (χ0) is 21.9. The Morgan fingerprint density at radius 3 is 2.77 bits per heavy atom. The lowest BCUT2D eigenvalue weighted by Gasteiger charge is -2.21. The van der Waals surface area contributed by atoms with Crippen molar-refractivity contribution in [1.82, 2.24) is 25.4 Å². The van der Waals surface area contributed by atoms with Gasteiger partial charge in [0, 0.05) is 51.4 Å². The van der Waals surface area contributed by atoms with E-state index in [0.717, 1.165) is 87.5 Å². The third-order valence-corrected chi connectivity index (χ3v) is 5.25. The van der Waals surface area contributed by atoms with Gasteiger partial charge in [-0.1, -0.05) is 6.07 Å². The van der Waals surface area contributed by atoms with Crippen LogP contribution in [-0.2, 0) is 16.0 Å². The van der Waals surface area contributed by atoms with Gasteiger partial charge in [-0.3, -0.25) is 0 Å². The zero-order valence-corrected chi connectivity index (χ0v) is 19.1. The van der Waals surface area contributed by atoms with Crippen molar-refractivity contribution in [1.29, 1.82) is 0 Å². The lowest BCUT2D eigenvalue weighted by atomic mass is 10.0. The summed E-state index contributed by atoms with van der Waals surface area (Å²) in [5, 5.41) is 11.2. The quantitative estimate of drug-likeness (QED) is 0.344. The molecule has 1 aliphatic heterocycles. The molecule has 1 fully saturated rings. The normalized spacial score (nSPS) is 15.3. The Kier molecular flexibility index (Phi) is 9.30. The molecule has 2 aromatic heterocycles. The molecule has 0 saturated carbocycles. The number of aryl methyl sites for hydroxylation is 2. The Balaban J connectivity index is 1.40. The van der Waals surface area contributed by atoms with E-state index in [2.05, 4.69) is 38.7 Å². The average Bonchev–Trinajstić information content (AvgIpc) is 3.13. The van der Waals surface area contributed by atoms with Gasteiger partial charge in [0.05, 0.1) is 12.2 Å². The molecule has 0 spiro atoms. The number of pyridine rings is 1. The maximum Gasteiger partial charge on any atom is 0.191 e. The highest BCUT2D eigenvalue weighted by Crippen LogP contribution is 2.14. The first-order valence-electron chi connectivity index (χ1n) is 11.3. The van der Waals surface area contributed by atoms with Crippen molar-refractivity contribution in [3.8, 4) is 5.82 Å². The van der Waals surface area contributed by atoms with Crippen LogP contribution in [0, 0.1) is 19.8 Å². The van der Waals surface area contributed by atoms with Crippen molar-refractivity contribution >= 4 is 5.96 Å². The molecule has 1 saturated heterocycles. The number of aromatic nitrogens is 3. The number of hydrogen-bond acceptors (Lipinski definition) is 5. The van der Waals surface area contributed by atoms with Crippen molar-refractivity contribution in [3.05, 3.63) is 41.3 Å². The molecule has 0 amide bonds. The number of guanidine groups is 1. The number of ether oxygens (including phenoxy) is 2. The molecule has 8 heteroatoms. The second kappa shape index (κ2) is 12.4. The standard InChI is InChI=1S/C23H36N6O2/c1-4-24-23(25-10-5-11-31-17-20-8-12-30-13-9-20)27-16-21-6-7-22(26-15-21)29-19(3)14-18(2)28-29/h6-7,14-15,20H,4-5,8-13,16-17H2,1-3H3,(H2,24,25,27). The fourth-order valence-corrected chi connectivity index (χ4v) is 3.55. The van der Waals surface area contributed by atoms with Crippen molar-refractivity contribution in [3.63, 3.8) is 0 Å². The molecule has 0 radical (unpaired) electrons. The average molecular weight is 429 g/mol. The molecule has 3 rings (SSSR count). The smallest absolute Gasteiger partial charge is 0.191 e. The molecule has 1 aliphatic rings. The maximum atomic E-state index is 5.83. The minimum atomic E-state index is 0.569. The Bertz CT molecular complexity index is 812. The van der Waals surface area contributed by atoms with Gasteiger partial charge in [-0.05, 0) is 63.6 Å². The fourth-order valence-electron chi connectivity index (χ4n) is 3.55. The van der Waals surface area contributed by atoms with Crippen molar-refractivity contribution in [2.24, 2.45) is 10.9 Å². The molecular weight excluding hydrogens is 392 g/mol. The van der Waals surface area contributed by atoms with Crippen LogP contribution in [0.4, 0.5) is 0 Å². The maximum absolute atomic E-state index is 5.83. The molecule has 170 valence electrons. The number of nitrogens with one attached hydrogen (secondary N) is 2. The minimum Gasteiger partial charge on any atom is -0.381 e. The first-order chi connectivity index (χ1) is 15.2. The van der Waals surface area contributed by atoms with Crippen LogP contribution in [0.15, 0.2) is 29.4 Å². The summed E-state index contributed by atoms with van der Waals surface area (Å²) in [4.78, 5) is 9.22. The molecule has 31 heavy (non-hydrogen) atoms. The van der Waals surface area contributed by atoms with Crippen LogP contribution >= 0.6 is 0 Å². The fraction of sp³-hybridized carbons (Fsp3) is 0.609. The zero-order valence-electron chi connectivity index (χ0n) is 19.1. The van der Waals surface area contributed by atoms with E-state index in [-0.39, 0.29) is 0 Å². The van der Waals surface area contributed by atoms with Gasteiger partial charge in [-0.25, -0.2) is 14.7 Å². The van der Waals surface area contributed by atoms with Gasteiger partial charge in [0.25, 0.3) is 0 Å². The van der Waals surface area contributed by atoms with Crippen molar-refractivity contribution in [2.45, 2.75) is 46.6 Å². The summed E-state index contributed by atoms with van der Waals surface area (Å²) in [5.74, 6) is 2.29. The lowest BCUT2D eigenvalue weighted by Crippen LogP contribution is -2.38. The van der Waals surface area contributed by atoms with Crippen LogP contribution in [0.2, 0.25) is 0 Å². The highest BCUT2D eigenvalue weighted by molar-refractivity contribution is 5.79. The SMILES string of the molecule is CCNC(=NCc1ccc(-n2nc(C)cc2C)nc1)NCCCOCC1CCOCC1. The Hall–Kier alpha value is -2.45. The van der Waals surface area contributed by atoms with Gasteiger partial charge in [-0.2, -0.15) is 5.10 Å². The van der Waals surface area contributed by atoms with Crippen LogP contribution in [-0.4, -0.2) is 60.2 Å². The number of rotatable bonds is 10. The van der Waals surface area contributed by atoms with Crippen molar-refractivity contribution < 1.29 is 9.47 Å². The second-order valence-corrected chi connectivity index (χ2v) is 7.97. The molecule has 0 atom stereocenters. The van der Waals surface area contributed by atoms with E-state index in [9.17, 15) is 0 Å². The molecule has 8 nitrogen and oxygen atoms in total. The first kappa shape index (κ1) is 23.2. The van der Waals surface area contributed by atoms with Gasteiger partial charge >= 0.3 is 0 Å². The summed E-state index contributed by atoms with van der Waals surface area (Å²) in [6, 6.07) is 6.08. The topological polar surface area (TPSA) is 85.6 Å². The molecular formula is C23H36N6O2. The first-order valence-corrected chi connectivity index (χ1v) is 11.3. The summed E-state index contributed by atoms with van der Waals surface area (Å²) in [6.07, 6.45) is 5.05. The van der Waals surface area contributed by atoms with Crippen molar-refractivity contribution in [2.75, 3.05) is 39.5 Å². The Morgan fingerprint density at radius 1 is 1.26 bits per heavy atom.